The van der Waals surface area contributed by atoms with Gasteiger partial charge in [0.1, 0.15) is 0 Å². The van der Waals surface area contributed by atoms with Crippen molar-refractivity contribution in [2.24, 2.45) is 0 Å². The van der Waals surface area contributed by atoms with E-state index in [4.69, 9.17) is 23.2 Å². The van der Waals surface area contributed by atoms with E-state index in [0.717, 1.165) is 44.8 Å². The standard InChI is InChI=1S/C30H42Cl2O2S2/c31-29(33)23-25(21-17-13-9-5-1-2-6-10-14-18-21)35-28-24(30(32)34)26(36-27(23)28)22-19-15-11-7-3-4-8-12-16-20-22/h21-22H,1-20H2. The van der Waals surface area contributed by atoms with Gasteiger partial charge < -0.3 is 0 Å². The smallest absolute Gasteiger partial charge is 0.254 e. The molecule has 0 N–H and O–H groups in total. The first-order valence-corrected chi connectivity index (χ1v) is 17.0. The van der Waals surface area contributed by atoms with Gasteiger partial charge in [-0.1, -0.05) is 103 Å². The molecule has 0 aromatic carbocycles. The lowest BCUT2D eigenvalue weighted by molar-refractivity contribution is 0.107. The minimum Gasteiger partial charge on any atom is -0.276 e. The molecule has 2 heterocycles. The SMILES string of the molecule is O=C(Cl)c1c(C2CCCCCCCCCC2)sc2c(C(=O)Cl)c(C3CCCCCCCCCC3)sc12. The molecule has 36 heavy (non-hydrogen) atoms. The van der Waals surface area contributed by atoms with E-state index in [9.17, 15) is 9.59 Å². The van der Waals surface area contributed by atoms with Crippen LogP contribution in [0.4, 0.5) is 0 Å². The number of halogens is 2. The summed E-state index contributed by atoms with van der Waals surface area (Å²) in [5.41, 5.74) is 1.37. The van der Waals surface area contributed by atoms with Crippen LogP contribution >= 0.6 is 45.9 Å². The predicted molar refractivity (Wildman–Crippen MR) is 158 cm³/mol. The van der Waals surface area contributed by atoms with Crippen molar-refractivity contribution in [2.75, 3.05) is 0 Å². The Morgan fingerprint density at radius 1 is 0.472 bits per heavy atom. The first-order valence-electron chi connectivity index (χ1n) is 14.6. The van der Waals surface area contributed by atoms with E-state index in [0.29, 0.717) is 23.0 Å². The molecule has 0 spiro atoms. The van der Waals surface area contributed by atoms with Crippen LogP contribution in [0.15, 0.2) is 0 Å². The number of carbonyl (C=O) groups excluding carboxylic acids is 2. The molecule has 2 aliphatic rings. The highest BCUT2D eigenvalue weighted by atomic mass is 35.5. The molecule has 2 nitrogen and oxygen atoms in total. The predicted octanol–water partition coefficient (Wildman–Crippen LogP) is 11.7. The molecule has 0 radical (unpaired) electrons. The second kappa shape index (κ2) is 14.7. The maximum Gasteiger partial charge on any atom is 0.254 e. The molecule has 2 aliphatic carbocycles. The highest BCUT2D eigenvalue weighted by molar-refractivity contribution is 7.29. The average molecular weight is 570 g/mol. The van der Waals surface area contributed by atoms with Gasteiger partial charge in [-0.05, 0) is 60.7 Å². The van der Waals surface area contributed by atoms with Crippen LogP contribution in [0, 0.1) is 0 Å². The van der Waals surface area contributed by atoms with Crippen LogP contribution in [0.2, 0.25) is 0 Å². The van der Waals surface area contributed by atoms with Gasteiger partial charge in [0.15, 0.2) is 0 Å². The van der Waals surface area contributed by atoms with E-state index in [1.54, 1.807) is 22.7 Å². The van der Waals surface area contributed by atoms with Gasteiger partial charge >= 0.3 is 0 Å². The van der Waals surface area contributed by atoms with Crippen molar-refractivity contribution >= 4 is 65.8 Å². The van der Waals surface area contributed by atoms with Gasteiger partial charge in [-0.2, -0.15) is 0 Å². The first-order chi connectivity index (χ1) is 17.6. The summed E-state index contributed by atoms with van der Waals surface area (Å²) in [6, 6.07) is 0. The highest BCUT2D eigenvalue weighted by Gasteiger charge is 2.32. The fraction of sp³-hybridized carbons (Fsp3) is 0.733. The van der Waals surface area contributed by atoms with Crippen LogP contribution in [0.1, 0.15) is 171 Å². The number of rotatable bonds is 4. The maximum atomic E-state index is 12.9. The summed E-state index contributed by atoms with van der Waals surface area (Å²) in [4.78, 5) is 28.0. The largest absolute Gasteiger partial charge is 0.276 e. The van der Waals surface area contributed by atoms with Crippen LogP contribution in [0.3, 0.4) is 0 Å². The van der Waals surface area contributed by atoms with Crippen LogP contribution in [0.25, 0.3) is 9.40 Å². The molecular weight excluding hydrogens is 527 g/mol. The van der Waals surface area contributed by atoms with Gasteiger partial charge in [0.2, 0.25) is 0 Å². The van der Waals surface area contributed by atoms with E-state index < -0.39 is 0 Å². The molecule has 2 fully saturated rings. The summed E-state index contributed by atoms with van der Waals surface area (Å²) in [6.07, 6.45) is 24.8. The Hall–Kier alpha value is -0.420. The molecule has 0 aliphatic heterocycles. The van der Waals surface area contributed by atoms with Crippen LogP contribution in [0.5, 0.6) is 0 Å². The molecule has 6 heteroatoms. The average Bonchev–Trinajstić information content (AvgIpc) is 3.34. The molecule has 2 saturated carbocycles. The normalized spacial score (nSPS) is 21.1. The van der Waals surface area contributed by atoms with E-state index in [1.807, 2.05) is 0 Å². The van der Waals surface area contributed by atoms with Gasteiger partial charge in [0, 0.05) is 9.75 Å². The summed E-state index contributed by atoms with van der Waals surface area (Å²) in [6.45, 7) is 0. The Morgan fingerprint density at radius 2 is 0.722 bits per heavy atom. The molecule has 0 bridgehead atoms. The van der Waals surface area contributed by atoms with Gasteiger partial charge in [-0.15, -0.1) is 22.7 Å². The van der Waals surface area contributed by atoms with Crippen molar-refractivity contribution in [1.29, 1.82) is 0 Å². The minimum atomic E-state index is -0.366. The topological polar surface area (TPSA) is 34.1 Å². The molecule has 2 aromatic heterocycles. The van der Waals surface area contributed by atoms with Gasteiger partial charge in [-0.3, -0.25) is 9.59 Å². The molecule has 4 rings (SSSR count). The molecule has 0 saturated heterocycles. The van der Waals surface area contributed by atoms with Crippen LogP contribution in [-0.2, 0) is 0 Å². The second-order valence-electron chi connectivity index (χ2n) is 11.1. The fourth-order valence-corrected chi connectivity index (χ4v) is 10.2. The second-order valence-corrected chi connectivity index (χ2v) is 13.9. The molecule has 0 atom stereocenters. The van der Waals surface area contributed by atoms with E-state index in [-0.39, 0.29) is 10.5 Å². The van der Waals surface area contributed by atoms with Crippen molar-refractivity contribution in [3.8, 4) is 0 Å². The summed E-state index contributed by atoms with van der Waals surface area (Å²) in [7, 11) is 0. The molecule has 200 valence electrons. The third-order valence-corrected chi connectivity index (χ3v) is 11.7. The lowest BCUT2D eigenvalue weighted by Gasteiger charge is -2.18. The van der Waals surface area contributed by atoms with Crippen LogP contribution in [-0.4, -0.2) is 10.5 Å². The van der Waals surface area contributed by atoms with Crippen molar-refractivity contribution in [2.45, 2.75) is 140 Å². The van der Waals surface area contributed by atoms with Crippen molar-refractivity contribution in [1.82, 2.24) is 0 Å². The van der Waals surface area contributed by atoms with E-state index in [2.05, 4.69) is 0 Å². The van der Waals surface area contributed by atoms with Crippen molar-refractivity contribution in [3.63, 3.8) is 0 Å². The van der Waals surface area contributed by atoms with Gasteiger partial charge in [0.05, 0.1) is 20.5 Å². The summed E-state index contributed by atoms with van der Waals surface area (Å²) >= 11 is 15.9. The Labute approximate surface area is 235 Å². The Kier molecular flexibility index (Phi) is 11.6. The van der Waals surface area contributed by atoms with E-state index in [1.165, 1.54) is 103 Å². The third-order valence-electron chi connectivity index (χ3n) is 8.42. The zero-order valence-electron chi connectivity index (χ0n) is 21.7. The zero-order valence-corrected chi connectivity index (χ0v) is 24.8. The fourth-order valence-electron chi connectivity index (χ4n) is 6.41. The Bertz CT molecular complexity index is 904. The quantitative estimate of drug-likeness (QED) is 0.343. The lowest BCUT2D eigenvalue weighted by atomic mass is 9.91. The number of hydrogen-bond acceptors (Lipinski definition) is 4. The molecule has 0 unspecified atom stereocenters. The summed E-state index contributed by atoms with van der Waals surface area (Å²) in [5.74, 6) is 0.703. The van der Waals surface area contributed by atoms with Crippen molar-refractivity contribution in [3.05, 3.63) is 20.9 Å². The monoisotopic (exact) mass is 568 g/mol. The molecule has 2 aromatic rings. The molecule has 0 amide bonds. The third kappa shape index (κ3) is 7.36. The van der Waals surface area contributed by atoms with Gasteiger partial charge in [-0.25, -0.2) is 0 Å². The highest BCUT2D eigenvalue weighted by Crippen LogP contribution is 2.50. The number of thiophene rings is 2. The maximum absolute atomic E-state index is 12.9. The summed E-state index contributed by atoms with van der Waals surface area (Å²) in [5, 5.41) is -0.733. The number of fused-ring (bicyclic) bond motifs is 1. The van der Waals surface area contributed by atoms with Gasteiger partial charge in [0.25, 0.3) is 10.5 Å². The number of hydrogen-bond donors (Lipinski definition) is 0. The zero-order chi connectivity index (χ0) is 25.3. The Balaban J connectivity index is 1.70. The first kappa shape index (κ1) is 28.6. The van der Waals surface area contributed by atoms with Crippen LogP contribution < -0.4 is 0 Å². The van der Waals surface area contributed by atoms with E-state index >= 15 is 0 Å². The van der Waals surface area contributed by atoms with Crippen molar-refractivity contribution < 1.29 is 9.59 Å². The number of carbonyl (C=O) groups is 2. The molecular formula is C30H42Cl2O2S2. The minimum absolute atomic E-state index is 0.351. The lowest BCUT2D eigenvalue weighted by Crippen LogP contribution is -2.03. The summed E-state index contributed by atoms with van der Waals surface area (Å²) < 4.78 is 1.86. The Morgan fingerprint density at radius 3 is 0.972 bits per heavy atom.